The van der Waals surface area contributed by atoms with Gasteiger partial charge >= 0.3 is 0 Å². The summed E-state index contributed by atoms with van der Waals surface area (Å²) in [5.74, 6) is -0.436. The molecule has 0 fully saturated rings. The summed E-state index contributed by atoms with van der Waals surface area (Å²) >= 11 is 0. The minimum Gasteiger partial charge on any atom is -0.350 e. The summed E-state index contributed by atoms with van der Waals surface area (Å²) in [4.78, 5) is 16.0. The van der Waals surface area contributed by atoms with Crippen LogP contribution in [0.4, 0.5) is 4.39 Å². The quantitative estimate of drug-likeness (QED) is 0.784. The maximum Gasteiger partial charge on any atom is 0.224 e. The first-order chi connectivity index (χ1) is 11.6. The van der Waals surface area contributed by atoms with Crippen LogP contribution < -0.4 is 5.32 Å². The Kier molecular flexibility index (Phi) is 4.65. The third kappa shape index (κ3) is 3.84. The van der Waals surface area contributed by atoms with Crippen LogP contribution in [0.2, 0.25) is 0 Å². The summed E-state index contributed by atoms with van der Waals surface area (Å²) < 4.78 is 14.6. The molecule has 0 aliphatic rings. The number of carbonyl (C=O) groups excluding carboxylic acids is 1. The molecule has 0 aliphatic carbocycles. The number of halogens is 1. The number of hydrogen-bond donors (Lipinski definition) is 1. The van der Waals surface area contributed by atoms with Gasteiger partial charge in [0.1, 0.15) is 5.82 Å². The van der Waals surface area contributed by atoms with Gasteiger partial charge in [0.15, 0.2) is 0 Å². The predicted octanol–water partition coefficient (Wildman–Crippen LogP) is 2.48. The van der Waals surface area contributed by atoms with Gasteiger partial charge in [0.05, 0.1) is 24.4 Å². The lowest BCUT2D eigenvalue weighted by Crippen LogP contribution is -2.24. The first kappa shape index (κ1) is 15.9. The van der Waals surface area contributed by atoms with Crippen molar-refractivity contribution in [1.29, 1.82) is 0 Å². The van der Waals surface area contributed by atoms with Gasteiger partial charge in [0, 0.05) is 25.0 Å². The molecule has 3 rings (SSSR count). The minimum atomic E-state index is -0.309. The fourth-order valence-corrected chi connectivity index (χ4v) is 2.45. The average Bonchev–Trinajstić information content (AvgIpc) is 2.97. The van der Waals surface area contributed by atoms with E-state index in [9.17, 15) is 9.18 Å². The first-order valence-electron chi connectivity index (χ1n) is 7.56. The van der Waals surface area contributed by atoms with E-state index in [1.807, 2.05) is 25.2 Å². The molecule has 0 radical (unpaired) electrons. The van der Waals surface area contributed by atoms with Crippen molar-refractivity contribution in [3.05, 3.63) is 71.9 Å². The monoisotopic (exact) mass is 324 g/mol. The van der Waals surface area contributed by atoms with E-state index in [2.05, 4.69) is 15.4 Å². The van der Waals surface area contributed by atoms with Gasteiger partial charge in [-0.05, 0) is 35.9 Å². The first-order valence-corrected chi connectivity index (χ1v) is 7.56. The van der Waals surface area contributed by atoms with Gasteiger partial charge in [-0.25, -0.2) is 4.39 Å². The zero-order valence-electron chi connectivity index (χ0n) is 13.2. The van der Waals surface area contributed by atoms with E-state index in [-0.39, 0.29) is 18.1 Å². The number of rotatable bonds is 5. The van der Waals surface area contributed by atoms with Crippen LogP contribution in [-0.4, -0.2) is 20.7 Å². The normalized spacial score (nSPS) is 10.6. The molecule has 2 heterocycles. The summed E-state index contributed by atoms with van der Waals surface area (Å²) in [7, 11) is 1.86. The summed E-state index contributed by atoms with van der Waals surface area (Å²) in [6, 6.07) is 11.7. The number of nitrogens with one attached hydrogen (secondary N) is 1. The molecule has 0 atom stereocenters. The van der Waals surface area contributed by atoms with Gasteiger partial charge in [0.2, 0.25) is 5.91 Å². The van der Waals surface area contributed by atoms with E-state index in [1.54, 1.807) is 29.2 Å². The second kappa shape index (κ2) is 7.04. The van der Waals surface area contributed by atoms with Crippen LogP contribution in [0.25, 0.3) is 11.3 Å². The van der Waals surface area contributed by atoms with Crippen LogP contribution in [0.15, 0.2) is 54.9 Å². The molecular weight excluding hydrogens is 307 g/mol. The van der Waals surface area contributed by atoms with Gasteiger partial charge in [-0.2, -0.15) is 5.10 Å². The van der Waals surface area contributed by atoms with Crippen molar-refractivity contribution >= 4 is 5.91 Å². The summed E-state index contributed by atoms with van der Waals surface area (Å²) in [5, 5.41) is 7.24. The Morgan fingerprint density at radius 3 is 2.58 bits per heavy atom. The summed E-state index contributed by atoms with van der Waals surface area (Å²) in [6.45, 7) is 0.346. The van der Waals surface area contributed by atoms with Gasteiger partial charge in [-0.3, -0.25) is 14.5 Å². The Morgan fingerprint density at radius 2 is 1.88 bits per heavy atom. The number of benzene rings is 1. The molecule has 0 unspecified atom stereocenters. The number of aromatic nitrogens is 3. The Morgan fingerprint density at radius 1 is 1.17 bits per heavy atom. The molecule has 0 saturated carbocycles. The second-order valence-corrected chi connectivity index (χ2v) is 5.46. The van der Waals surface area contributed by atoms with Crippen LogP contribution in [0.3, 0.4) is 0 Å². The molecule has 0 bridgehead atoms. The molecule has 1 N–H and O–H groups in total. The van der Waals surface area contributed by atoms with Crippen molar-refractivity contribution in [3.8, 4) is 11.3 Å². The van der Waals surface area contributed by atoms with E-state index in [4.69, 9.17) is 0 Å². The SMILES string of the molecule is Cn1nc(CNC(=O)Cc2ccc(F)cc2)cc1-c1ccncc1. The van der Waals surface area contributed by atoms with Crippen molar-refractivity contribution in [2.75, 3.05) is 0 Å². The van der Waals surface area contributed by atoms with Crippen LogP contribution in [-0.2, 0) is 24.8 Å². The van der Waals surface area contributed by atoms with E-state index in [1.165, 1.54) is 12.1 Å². The molecule has 6 heteroatoms. The highest BCUT2D eigenvalue weighted by molar-refractivity contribution is 5.78. The zero-order valence-corrected chi connectivity index (χ0v) is 13.2. The fraction of sp³-hybridized carbons (Fsp3) is 0.167. The van der Waals surface area contributed by atoms with Gasteiger partial charge in [-0.15, -0.1) is 0 Å². The third-order valence-corrected chi connectivity index (χ3v) is 3.65. The largest absolute Gasteiger partial charge is 0.350 e. The second-order valence-electron chi connectivity index (χ2n) is 5.46. The molecule has 3 aromatic rings. The van der Waals surface area contributed by atoms with E-state index < -0.39 is 0 Å². The summed E-state index contributed by atoms with van der Waals surface area (Å²) in [6.07, 6.45) is 3.67. The molecule has 2 aromatic heterocycles. The number of carbonyl (C=O) groups is 1. The number of amides is 1. The van der Waals surface area contributed by atoms with Crippen molar-refractivity contribution < 1.29 is 9.18 Å². The molecule has 1 amide bonds. The Labute approximate surface area is 139 Å². The highest BCUT2D eigenvalue weighted by atomic mass is 19.1. The topological polar surface area (TPSA) is 59.8 Å². The van der Waals surface area contributed by atoms with Crippen LogP contribution >= 0.6 is 0 Å². The molecule has 24 heavy (non-hydrogen) atoms. The number of hydrogen-bond acceptors (Lipinski definition) is 3. The number of nitrogens with zero attached hydrogens (tertiary/aromatic N) is 3. The van der Waals surface area contributed by atoms with Gasteiger partial charge < -0.3 is 5.32 Å². The molecule has 0 spiro atoms. The summed E-state index contributed by atoms with van der Waals surface area (Å²) in [5.41, 5.74) is 3.52. The van der Waals surface area contributed by atoms with Crippen molar-refractivity contribution in [2.45, 2.75) is 13.0 Å². The zero-order chi connectivity index (χ0) is 16.9. The standard InChI is InChI=1S/C18H17FN4O/c1-23-17(14-6-8-20-9-7-14)11-16(22-23)12-21-18(24)10-13-2-4-15(19)5-3-13/h2-9,11H,10,12H2,1H3,(H,21,24). The van der Waals surface area contributed by atoms with Gasteiger partial charge in [0.25, 0.3) is 0 Å². The fourth-order valence-electron chi connectivity index (χ4n) is 2.45. The van der Waals surface area contributed by atoms with E-state index >= 15 is 0 Å². The Hall–Kier alpha value is -3.02. The predicted molar refractivity (Wildman–Crippen MR) is 88.4 cm³/mol. The molecule has 0 aliphatic heterocycles. The van der Waals surface area contributed by atoms with Crippen LogP contribution in [0.1, 0.15) is 11.3 Å². The number of pyridine rings is 1. The lowest BCUT2D eigenvalue weighted by molar-refractivity contribution is -0.120. The van der Waals surface area contributed by atoms with Crippen molar-refractivity contribution in [2.24, 2.45) is 7.05 Å². The van der Waals surface area contributed by atoms with E-state index in [0.29, 0.717) is 6.54 Å². The third-order valence-electron chi connectivity index (χ3n) is 3.65. The smallest absolute Gasteiger partial charge is 0.224 e. The number of aryl methyl sites for hydroxylation is 1. The van der Waals surface area contributed by atoms with Gasteiger partial charge in [-0.1, -0.05) is 12.1 Å². The minimum absolute atomic E-state index is 0.127. The lowest BCUT2D eigenvalue weighted by atomic mass is 10.1. The van der Waals surface area contributed by atoms with Crippen molar-refractivity contribution in [3.63, 3.8) is 0 Å². The van der Waals surface area contributed by atoms with Crippen LogP contribution in [0.5, 0.6) is 0 Å². The highest BCUT2D eigenvalue weighted by Crippen LogP contribution is 2.18. The molecule has 0 saturated heterocycles. The lowest BCUT2D eigenvalue weighted by Gasteiger charge is -2.03. The maximum absolute atomic E-state index is 12.9. The highest BCUT2D eigenvalue weighted by Gasteiger charge is 2.09. The Bertz CT molecular complexity index is 828. The maximum atomic E-state index is 12.9. The Balaban J connectivity index is 1.61. The molecule has 122 valence electrons. The van der Waals surface area contributed by atoms with Crippen molar-refractivity contribution in [1.82, 2.24) is 20.1 Å². The molecule has 1 aromatic carbocycles. The van der Waals surface area contributed by atoms with Crippen LogP contribution in [0, 0.1) is 5.82 Å². The molecular formula is C18H17FN4O. The average molecular weight is 324 g/mol. The molecule has 5 nitrogen and oxygen atoms in total. The van der Waals surface area contributed by atoms with E-state index in [0.717, 1.165) is 22.5 Å².